The summed E-state index contributed by atoms with van der Waals surface area (Å²) in [5.74, 6) is 1.65. The van der Waals surface area contributed by atoms with Crippen molar-refractivity contribution < 1.29 is 0 Å². The molecule has 0 aromatic carbocycles. The van der Waals surface area contributed by atoms with Crippen molar-refractivity contribution in [2.45, 2.75) is 46.6 Å². The molecule has 1 aliphatic rings. The van der Waals surface area contributed by atoms with Crippen molar-refractivity contribution in [3.05, 3.63) is 11.6 Å². The van der Waals surface area contributed by atoms with Crippen molar-refractivity contribution in [3.63, 3.8) is 0 Å². The Kier molecular flexibility index (Phi) is 3.98. The molecule has 1 nitrogen and oxygen atoms in total. The van der Waals surface area contributed by atoms with E-state index >= 15 is 0 Å². The zero-order valence-electron chi connectivity index (χ0n) is 9.43. The lowest BCUT2D eigenvalue weighted by Crippen LogP contribution is -2.30. The second kappa shape index (κ2) is 4.80. The summed E-state index contributed by atoms with van der Waals surface area (Å²) in [6.07, 6.45) is 5.08. The van der Waals surface area contributed by atoms with Crippen molar-refractivity contribution in [2.24, 2.45) is 11.8 Å². The summed E-state index contributed by atoms with van der Waals surface area (Å²) >= 11 is 0. The highest BCUT2D eigenvalue weighted by Gasteiger charge is 2.17. The summed E-state index contributed by atoms with van der Waals surface area (Å²) in [6.45, 7) is 10.2. The SMILES string of the molecule is CC1=CC(C)CC(CNC(C)C)C1. The average molecular weight is 181 g/mol. The monoisotopic (exact) mass is 181 g/mol. The minimum absolute atomic E-state index is 0.626. The van der Waals surface area contributed by atoms with E-state index in [9.17, 15) is 0 Å². The van der Waals surface area contributed by atoms with Crippen LogP contribution in [0.1, 0.15) is 40.5 Å². The molecule has 0 fully saturated rings. The first-order chi connectivity index (χ1) is 6.08. The molecule has 1 N–H and O–H groups in total. The minimum Gasteiger partial charge on any atom is -0.314 e. The molecule has 2 atom stereocenters. The fourth-order valence-electron chi connectivity index (χ4n) is 2.24. The number of rotatable bonds is 3. The van der Waals surface area contributed by atoms with Crippen LogP contribution in [0, 0.1) is 11.8 Å². The van der Waals surface area contributed by atoms with Gasteiger partial charge in [-0.25, -0.2) is 0 Å². The Morgan fingerprint density at radius 2 is 2.23 bits per heavy atom. The first-order valence-corrected chi connectivity index (χ1v) is 5.48. The zero-order chi connectivity index (χ0) is 9.84. The number of hydrogen-bond acceptors (Lipinski definition) is 1. The molecule has 0 amide bonds. The predicted octanol–water partition coefficient (Wildman–Crippen LogP) is 2.98. The van der Waals surface area contributed by atoms with Gasteiger partial charge in [0.15, 0.2) is 0 Å². The molecule has 2 unspecified atom stereocenters. The maximum atomic E-state index is 3.53. The van der Waals surface area contributed by atoms with Gasteiger partial charge in [0.1, 0.15) is 0 Å². The highest BCUT2D eigenvalue weighted by atomic mass is 14.9. The Balaban J connectivity index is 2.33. The molecule has 13 heavy (non-hydrogen) atoms. The predicted molar refractivity (Wildman–Crippen MR) is 58.8 cm³/mol. The van der Waals surface area contributed by atoms with Gasteiger partial charge < -0.3 is 5.32 Å². The van der Waals surface area contributed by atoms with Crippen molar-refractivity contribution in [1.29, 1.82) is 0 Å². The summed E-state index contributed by atoms with van der Waals surface area (Å²) in [7, 11) is 0. The van der Waals surface area contributed by atoms with Gasteiger partial charge in [-0.2, -0.15) is 0 Å². The Morgan fingerprint density at radius 1 is 1.54 bits per heavy atom. The number of nitrogens with one attached hydrogen (secondary N) is 1. The van der Waals surface area contributed by atoms with Crippen LogP contribution in [0.3, 0.4) is 0 Å². The van der Waals surface area contributed by atoms with Crippen LogP contribution in [0.2, 0.25) is 0 Å². The van der Waals surface area contributed by atoms with Gasteiger partial charge in [0.2, 0.25) is 0 Å². The van der Waals surface area contributed by atoms with E-state index in [2.05, 4.69) is 39.1 Å². The largest absolute Gasteiger partial charge is 0.314 e. The van der Waals surface area contributed by atoms with Crippen molar-refractivity contribution in [3.8, 4) is 0 Å². The molecule has 0 aromatic heterocycles. The van der Waals surface area contributed by atoms with E-state index in [1.165, 1.54) is 19.4 Å². The molecule has 1 heteroatoms. The van der Waals surface area contributed by atoms with E-state index in [1.54, 1.807) is 5.57 Å². The number of hydrogen-bond donors (Lipinski definition) is 1. The van der Waals surface area contributed by atoms with Gasteiger partial charge in [0.25, 0.3) is 0 Å². The van der Waals surface area contributed by atoms with Crippen LogP contribution in [0.15, 0.2) is 11.6 Å². The lowest BCUT2D eigenvalue weighted by Gasteiger charge is -2.26. The first kappa shape index (κ1) is 10.8. The van der Waals surface area contributed by atoms with Gasteiger partial charge >= 0.3 is 0 Å². The van der Waals surface area contributed by atoms with Crippen molar-refractivity contribution in [1.82, 2.24) is 5.32 Å². The Bertz CT molecular complexity index is 182. The van der Waals surface area contributed by atoms with Crippen LogP contribution >= 0.6 is 0 Å². The minimum atomic E-state index is 0.626. The van der Waals surface area contributed by atoms with Gasteiger partial charge in [-0.05, 0) is 38.1 Å². The molecule has 0 saturated carbocycles. The standard InChI is InChI=1S/C12H23N/c1-9(2)13-8-12-6-10(3)5-11(4)7-12/h5,9-10,12-13H,6-8H2,1-4H3. The second-order valence-electron chi connectivity index (χ2n) is 4.86. The first-order valence-electron chi connectivity index (χ1n) is 5.48. The fraction of sp³-hybridized carbons (Fsp3) is 0.833. The molecule has 0 aromatic rings. The quantitative estimate of drug-likeness (QED) is 0.660. The summed E-state index contributed by atoms with van der Waals surface area (Å²) in [4.78, 5) is 0. The molecular formula is C12H23N. The molecule has 0 saturated heterocycles. The van der Waals surface area contributed by atoms with Crippen molar-refractivity contribution in [2.75, 3.05) is 6.54 Å². The molecule has 1 aliphatic carbocycles. The summed E-state index contributed by atoms with van der Waals surface area (Å²) < 4.78 is 0. The Hall–Kier alpha value is -0.300. The van der Waals surface area contributed by atoms with Crippen LogP contribution < -0.4 is 5.32 Å². The maximum Gasteiger partial charge on any atom is 0.00104 e. The average Bonchev–Trinajstić information content (AvgIpc) is 1.99. The van der Waals surface area contributed by atoms with Gasteiger partial charge in [-0.1, -0.05) is 32.4 Å². The third-order valence-electron chi connectivity index (χ3n) is 2.70. The molecular weight excluding hydrogens is 158 g/mol. The highest BCUT2D eigenvalue weighted by Crippen LogP contribution is 2.27. The smallest absolute Gasteiger partial charge is 0.00104 e. The van der Waals surface area contributed by atoms with E-state index in [4.69, 9.17) is 0 Å². The van der Waals surface area contributed by atoms with Crippen LogP contribution in [-0.2, 0) is 0 Å². The second-order valence-corrected chi connectivity index (χ2v) is 4.86. The van der Waals surface area contributed by atoms with Crippen LogP contribution in [0.4, 0.5) is 0 Å². The molecule has 0 heterocycles. The van der Waals surface area contributed by atoms with E-state index in [0.29, 0.717) is 6.04 Å². The third-order valence-corrected chi connectivity index (χ3v) is 2.70. The van der Waals surface area contributed by atoms with E-state index in [1.807, 2.05) is 0 Å². The molecule has 0 aliphatic heterocycles. The van der Waals surface area contributed by atoms with Crippen LogP contribution in [0.5, 0.6) is 0 Å². The van der Waals surface area contributed by atoms with Gasteiger partial charge in [-0.3, -0.25) is 0 Å². The normalized spacial score (nSPS) is 29.2. The molecule has 0 bridgehead atoms. The lowest BCUT2D eigenvalue weighted by atomic mass is 9.83. The van der Waals surface area contributed by atoms with Gasteiger partial charge in [0.05, 0.1) is 0 Å². The number of allylic oxidation sites excluding steroid dienone is 2. The summed E-state index contributed by atoms with van der Waals surface area (Å²) in [5, 5.41) is 3.53. The summed E-state index contributed by atoms with van der Waals surface area (Å²) in [6, 6.07) is 0.626. The third kappa shape index (κ3) is 3.95. The highest BCUT2D eigenvalue weighted by molar-refractivity contribution is 5.06. The molecule has 0 radical (unpaired) electrons. The van der Waals surface area contributed by atoms with Crippen LogP contribution in [-0.4, -0.2) is 12.6 Å². The van der Waals surface area contributed by atoms with Gasteiger partial charge in [-0.15, -0.1) is 0 Å². The van der Waals surface area contributed by atoms with Crippen LogP contribution in [0.25, 0.3) is 0 Å². The maximum absolute atomic E-state index is 3.53. The van der Waals surface area contributed by atoms with E-state index in [0.717, 1.165) is 11.8 Å². The Morgan fingerprint density at radius 3 is 2.77 bits per heavy atom. The van der Waals surface area contributed by atoms with E-state index in [-0.39, 0.29) is 0 Å². The molecule has 76 valence electrons. The summed E-state index contributed by atoms with van der Waals surface area (Å²) in [5.41, 5.74) is 1.58. The zero-order valence-corrected chi connectivity index (χ0v) is 9.43. The van der Waals surface area contributed by atoms with Gasteiger partial charge in [0, 0.05) is 6.04 Å². The van der Waals surface area contributed by atoms with Crippen molar-refractivity contribution >= 4 is 0 Å². The topological polar surface area (TPSA) is 12.0 Å². The lowest BCUT2D eigenvalue weighted by molar-refractivity contribution is 0.370. The fourth-order valence-corrected chi connectivity index (χ4v) is 2.24. The van der Waals surface area contributed by atoms with E-state index < -0.39 is 0 Å². The molecule has 0 spiro atoms. The Labute approximate surface area is 82.6 Å². The molecule has 1 rings (SSSR count).